The highest BCUT2D eigenvalue weighted by Gasteiger charge is 2.31. The topological polar surface area (TPSA) is 59.5 Å². The van der Waals surface area contributed by atoms with Crippen LogP contribution in [-0.2, 0) is 22.9 Å². The first-order valence-corrected chi connectivity index (χ1v) is 12.6. The van der Waals surface area contributed by atoms with E-state index in [4.69, 9.17) is 4.74 Å². The molecule has 5 nitrogen and oxygen atoms in total. The number of hydrogen-bond donors (Lipinski definition) is 0. The summed E-state index contributed by atoms with van der Waals surface area (Å²) in [5.41, 5.74) is 3.17. The first-order chi connectivity index (χ1) is 14.5. The van der Waals surface area contributed by atoms with Crippen molar-refractivity contribution in [2.45, 2.75) is 49.5 Å². The van der Waals surface area contributed by atoms with E-state index in [2.05, 4.69) is 4.98 Å². The highest BCUT2D eigenvalue weighted by atomic mass is 32.2. The molecule has 0 spiro atoms. The summed E-state index contributed by atoms with van der Waals surface area (Å²) in [6.45, 7) is 0.840. The second kappa shape index (κ2) is 7.90. The van der Waals surface area contributed by atoms with Crippen molar-refractivity contribution in [2.24, 2.45) is 0 Å². The number of aromatic nitrogens is 1. The molecule has 2 aliphatic rings. The molecule has 158 valence electrons. The summed E-state index contributed by atoms with van der Waals surface area (Å²) in [5.74, 6) is -0.293. The minimum absolute atomic E-state index is 0.0922. The Hall–Kier alpha value is -2.03. The van der Waals surface area contributed by atoms with E-state index in [1.807, 2.05) is 12.1 Å². The quantitative estimate of drug-likeness (QED) is 0.590. The van der Waals surface area contributed by atoms with E-state index < -0.39 is 10.0 Å². The average molecular weight is 447 g/mol. The van der Waals surface area contributed by atoms with Gasteiger partial charge in [-0.3, -0.25) is 0 Å². The van der Waals surface area contributed by atoms with Crippen LogP contribution in [0.4, 0.5) is 4.39 Å². The molecule has 1 aliphatic carbocycles. The molecule has 1 aromatic heterocycles. The molecule has 0 bridgehead atoms. The van der Waals surface area contributed by atoms with Gasteiger partial charge in [0.1, 0.15) is 11.9 Å². The number of ether oxygens (including phenoxy) is 1. The predicted octanol–water partition coefficient (Wildman–Crippen LogP) is 4.55. The summed E-state index contributed by atoms with van der Waals surface area (Å²) >= 11 is 1.32. The third-order valence-corrected chi connectivity index (χ3v) is 8.76. The van der Waals surface area contributed by atoms with Gasteiger partial charge >= 0.3 is 0 Å². The number of hydrogen-bond acceptors (Lipinski definition) is 5. The van der Waals surface area contributed by atoms with E-state index in [-0.39, 0.29) is 11.9 Å². The summed E-state index contributed by atoms with van der Waals surface area (Å²) in [4.78, 5) is 4.80. The maximum atomic E-state index is 13.4. The summed E-state index contributed by atoms with van der Waals surface area (Å²) in [7, 11) is -3.49. The van der Waals surface area contributed by atoms with Crippen LogP contribution in [0.5, 0.6) is 5.19 Å². The Morgan fingerprint density at radius 2 is 1.80 bits per heavy atom. The molecule has 0 radical (unpaired) electrons. The maximum absolute atomic E-state index is 13.4. The lowest BCUT2D eigenvalue weighted by Crippen LogP contribution is -2.41. The molecular weight excluding hydrogens is 423 g/mol. The molecule has 5 rings (SSSR count). The number of thiazole rings is 1. The van der Waals surface area contributed by atoms with Crippen LogP contribution in [0, 0.1) is 5.82 Å². The van der Waals surface area contributed by atoms with Crippen molar-refractivity contribution in [3.05, 3.63) is 53.3 Å². The third kappa shape index (κ3) is 3.84. The molecule has 2 aromatic carbocycles. The molecule has 0 amide bonds. The fourth-order valence-corrected chi connectivity index (χ4v) is 6.71. The average Bonchev–Trinajstić information content (AvgIpc) is 3.15. The Balaban J connectivity index is 1.25. The lowest BCUT2D eigenvalue weighted by Gasteiger charge is -2.31. The molecule has 2 heterocycles. The SMILES string of the molecule is O=S(=O)(c1ccc2c(c1)CCCC2)N1CCC(Oc2nc3ccc(F)cc3s2)CC1. The lowest BCUT2D eigenvalue weighted by molar-refractivity contribution is 0.135. The van der Waals surface area contributed by atoms with Gasteiger partial charge in [0.15, 0.2) is 0 Å². The van der Waals surface area contributed by atoms with Gasteiger partial charge in [0, 0.05) is 13.1 Å². The molecule has 0 saturated carbocycles. The number of halogens is 1. The molecule has 8 heteroatoms. The zero-order valence-electron chi connectivity index (χ0n) is 16.5. The normalized spacial score (nSPS) is 18.4. The first-order valence-electron chi connectivity index (χ1n) is 10.3. The van der Waals surface area contributed by atoms with E-state index in [1.165, 1.54) is 41.0 Å². The Morgan fingerprint density at radius 1 is 1.03 bits per heavy atom. The van der Waals surface area contributed by atoms with Gasteiger partial charge in [0.05, 0.1) is 15.1 Å². The molecule has 0 N–H and O–H groups in total. The molecule has 1 saturated heterocycles. The zero-order valence-corrected chi connectivity index (χ0v) is 18.1. The highest BCUT2D eigenvalue weighted by molar-refractivity contribution is 7.89. The van der Waals surface area contributed by atoms with Gasteiger partial charge in [-0.05, 0) is 80.0 Å². The van der Waals surface area contributed by atoms with Gasteiger partial charge in [0.25, 0.3) is 5.19 Å². The summed E-state index contributed by atoms with van der Waals surface area (Å²) in [5, 5.41) is 0.506. The van der Waals surface area contributed by atoms with Crippen LogP contribution < -0.4 is 4.74 Å². The van der Waals surface area contributed by atoms with Crippen molar-refractivity contribution >= 4 is 31.6 Å². The van der Waals surface area contributed by atoms with Gasteiger partial charge in [0.2, 0.25) is 10.0 Å². The van der Waals surface area contributed by atoms with E-state index in [1.54, 1.807) is 16.4 Å². The first kappa shape index (κ1) is 19.9. The molecule has 1 aliphatic heterocycles. The zero-order chi connectivity index (χ0) is 20.7. The number of fused-ring (bicyclic) bond motifs is 2. The van der Waals surface area contributed by atoms with Crippen molar-refractivity contribution in [1.82, 2.24) is 9.29 Å². The van der Waals surface area contributed by atoms with Crippen molar-refractivity contribution in [3.8, 4) is 5.19 Å². The van der Waals surface area contributed by atoms with Crippen LogP contribution >= 0.6 is 11.3 Å². The van der Waals surface area contributed by atoms with Crippen LogP contribution in [0.2, 0.25) is 0 Å². The van der Waals surface area contributed by atoms with E-state index in [0.29, 0.717) is 41.5 Å². The summed E-state index contributed by atoms with van der Waals surface area (Å²) in [6, 6.07) is 10.1. The van der Waals surface area contributed by atoms with Crippen LogP contribution in [0.15, 0.2) is 41.3 Å². The Kier molecular flexibility index (Phi) is 5.24. The van der Waals surface area contributed by atoms with Crippen molar-refractivity contribution in [2.75, 3.05) is 13.1 Å². The summed E-state index contributed by atoms with van der Waals surface area (Å²) < 4.78 is 47.9. The van der Waals surface area contributed by atoms with Gasteiger partial charge in [-0.2, -0.15) is 4.31 Å². The van der Waals surface area contributed by atoms with Crippen LogP contribution in [0.3, 0.4) is 0 Å². The Labute approximate surface area is 179 Å². The number of nitrogens with zero attached hydrogens (tertiary/aromatic N) is 2. The number of piperidine rings is 1. The fraction of sp³-hybridized carbons (Fsp3) is 0.409. The van der Waals surface area contributed by atoms with Gasteiger partial charge in [-0.15, -0.1) is 0 Å². The smallest absolute Gasteiger partial charge is 0.274 e. The second-order valence-electron chi connectivity index (χ2n) is 7.95. The van der Waals surface area contributed by atoms with Crippen molar-refractivity contribution in [1.29, 1.82) is 0 Å². The predicted molar refractivity (Wildman–Crippen MR) is 115 cm³/mol. The highest BCUT2D eigenvalue weighted by Crippen LogP contribution is 2.31. The maximum Gasteiger partial charge on any atom is 0.274 e. The van der Waals surface area contributed by atoms with Gasteiger partial charge in [-0.1, -0.05) is 17.4 Å². The molecule has 30 heavy (non-hydrogen) atoms. The monoisotopic (exact) mass is 446 g/mol. The molecule has 1 fully saturated rings. The minimum atomic E-state index is -3.49. The number of aryl methyl sites for hydroxylation is 2. The Bertz CT molecular complexity index is 1180. The number of sulfonamides is 1. The van der Waals surface area contributed by atoms with Crippen LogP contribution in [0.25, 0.3) is 10.2 Å². The van der Waals surface area contributed by atoms with Crippen LogP contribution in [-0.4, -0.2) is 36.9 Å². The van der Waals surface area contributed by atoms with E-state index in [9.17, 15) is 12.8 Å². The molecule has 3 aromatic rings. The number of rotatable bonds is 4. The summed E-state index contributed by atoms with van der Waals surface area (Å²) in [6.07, 6.45) is 5.42. The minimum Gasteiger partial charge on any atom is -0.467 e. The van der Waals surface area contributed by atoms with Gasteiger partial charge in [-0.25, -0.2) is 17.8 Å². The second-order valence-corrected chi connectivity index (χ2v) is 10.9. The fourth-order valence-electron chi connectivity index (χ4n) is 4.28. The van der Waals surface area contributed by atoms with Crippen molar-refractivity contribution in [3.63, 3.8) is 0 Å². The van der Waals surface area contributed by atoms with Crippen LogP contribution in [0.1, 0.15) is 36.8 Å². The molecule has 0 unspecified atom stereocenters. The third-order valence-electron chi connectivity index (χ3n) is 5.96. The Morgan fingerprint density at radius 3 is 2.60 bits per heavy atom. The largest absolute Gasteiger partial charge is 0.467 e. The number of benzene rings is 2. The van der Waals surface area contributed by atoms with E-state index >= 15 is 0 Å². The van der Waals surface area contributed by atoms with Gasteiger partial charge < -0.3 is 4.74 Å². The molecule has 0 atom stereocenters. The van der Waals surface area contributed by atoms with E-state index in [0.717, 1.165) is 24.0 Å². The molecular formula is C22H23FN2O3S2. The standard InChI is InChI=1S/C22H23FN2O3S2/c23-17-6-8-20-21(14-17)29-22(24-20)28-18-9-11-25(12-10-18)30(26,27)19-7-5-15-3-1-2-4-16(15)13-19/h5-8,13-14,18H,1-4,9-12H2. The lowest BCUT2D eigenvalue weighted by atomic mass is 9.92. The van der Waals surface area contributed by atoms with Crippen molar-refractivity contribution < 1.29 is 17.5 Å².